The van der Waals surface area contributed by atoms with Crippen molar-refractivity contribution in [1.82, 2.24) is 0 Å². The van der Waals surface area contributed by atoms with Crippen molar-refractivity contribution in [2.75, 3.05) is 0 Å². The molecule has 69 nitrogen and oxygen atoms in total. The van der Waals surface area contributed by atoms with Crippen LogP contribution in [0.5, 0.6) is 0 Å². The Morgan fingerprint density at radius 2 is 0.0485 bits per heavy atom. The van der Waals surface area contributed by atoms with Gasteiger partial charge in [-0.15, -0.1) is 0 Å². The second-order valence-electron chi connectivity index (χ2n) is 0. The van der Waals surface area contributed by atoms with Gasteiger partial charge in [-0.1, -0.05) is 0 Å². The van der Waals surface area contributed by atoms with Crippen molar-refractivity contribution >= 4 is 48.9 Å². The van der Waals surface area contributed by atoms with Gasteiger partial charge >= 0.3 is 621 Å². The fraction of sp³-hybridized carbons (Fsp3) is 0. The summed E-state index contributed by atoms with van der Waals surface area (Å²) < 4.78 is 0. The second kappa shape index (κ2) is 2410. The van der Waals surface area contributed by atoms with E-state index in [0.29, 0.717) is 0 Å². The molecule has 103 heteroatoms. The van der Waals surface area contributed by atoms with Gasteiger partial charge in [0.25, 0.3) is 0 Å². The average Bonchev–Trinajstić information content (AvgIpc) is 0. The van der Waals surface area contributed by atoms with Crippen molar-refractivity contribution in [3.05, 3.63) is 0 Å². The molecule has 0 aliphatic carbocycles. The first-order valence-electron chi connectivity index (χ1n) is 0. The molecule has 673 valence electrons. The van der Waals surface area contributed by atoms with E-state index in [0.717, 1.165) is 0 Å². The van der Waals surface area contributed by atoms with Gasteiger partial charge in [0, 0.05) is 428 Å². The van der Waals surface area contributed by atoms with Gasteiger partial charge in [0.15, 0.2) is 0 Å². The van der Waals surface area contributed by atoms with E-state index in [4.69, 9.17) is 0 Å². The van der Waals surface area contributed by atoms with Crippen LogP contribution in [0.1, 0.15) is 0 Å². The minimum atomic E-state index is 0. The summed E-state index contributed by atoms with van der Waals surface area (Å²) in [5.74, 6) is 0. The van der Waals surface area contributed by atoms with Gasteiger partial charge in [-0.3, -0.25) is 0 Å². The van der Waals surface area contributed by atoms with Gasteiger partial charge in [0.05, 0.1) is 0 Å². The van der Waals surface area contributed by atoms with Crippen LogP contribution in [0.2, 0.25) is 0 Å². The minimum absolute atomic E-state index is 0. The molecule has 0 aromatic heterocycles. The molecule has 0 N–H and O–H groups in total. The first-order valence-corrected chi connectivity index (χ1v) is 0. The number of hydrogen-bond donors (Lipinski definition) is 0. The first-order chi connectivity index (χ1) is 0. The van der Waals surface area contributed by atoms with Crippen LogP contribution >= 0.6 is 0 Å². The van der Waals surface area contributed by atoms with E-state index in [-0.39, 0.29) is 1430 Å². The summed E-state index contributed by atoms with van der Waals surface area (Å²) in [5.41, 5.74) is 0. The fourth-order valence-electron chi connectivity index (χ4n) is 0. The summed E-state index contributed by atoms with van der Waals surface area (Å²) in [4.78, 5) is 0. The minimum Gasteiger partial charge on any atom is -2.00 e. The van der Waals surface area contributed by atoms with Crippen LogP contribution in [0.4, 0.5) is 0 Å². The Bertz CT molecular complexity index is 147. The Hall–Kier alpha value is 31.0. The molecule has 103 heavy (non-hydrogen) atoms. The van der Waals surface area contributed by atoms with Crippen molar-refractivity contribution < 1.29 is 1380 Å². The van der Waals surface area contributed by atoms with E-state index in [9.17, 15) is 0 Å². The van der Waals surface area contributed by atoms with Gasteiger partial charge in [-0.2, -0.15) is 0 Å². The van der Waals surface area contributed by atoms with E-state index in [1.165, 1.54) is 0 Å². The van der Waals surface area contributed by atoms with Crippen LogP contribution in [0.25, 0.3) is 0 Å². The van der Waals surface area contributed by atoms with Crippen molar-refractivity contribution in [1.29, 1.82) is 0 Å². The molecule has 0 aromatic rings. The molecule has 0 rings (SSSR count). The molecule has 0 spiro atoms. The Kier molecular flexibility index (Phi) is 57700. The summed E-state index contributed by atoms with van der Waals surface area (Å²) in [7, 11) is 0. The molecular formula is K11O69Sb2V3W18-115. The average molecular weight is 5240 g/mol. The third-order valence-corrected chi connectivity index (χ3v) is 0. The number of rotatable bonds is 0. The fourth-order valence-corrected chi connectivity index (χ4v) is 0. The van der Waals surface area contributed by atoms with Gasteiger partial charge in [0.1, 0.15) is 0 Å². The SMILES string of the molecule is [K+].[K+].[K+].[K+].[K+].[K+].[K+].[K+].[K+].[K+].[K+].[O-2].[O-2].[O-2].[O-2].[O-2].[O-2].[O-2].[O-2].[O-2].[O-2].[O-2].[O-2].[O-2].[O-2].[O-2].[O-2].[O-2].[O-2].[O-2].[O-2].[O-2].[O-2].[O-2].[O-2].[O-2].[O-2].[O-2].[O-2].[O-2].[O-2].[O-2].[O-2].[O-2].[O-2].[O-2].[O-2].[O-2].[O-2].[O-2].[O-2].[O-2].[O-2].[O-2].[O-2].[O-2].[O-2].[O-2].[O-2].[O-2].[O-2].[O-2].[O-2].[O-2].[O-2].[O-2].[O-2].[O-2].[O-2].[O-2].[O-2].[O-2].[O-2].[O-2].[O-2].[O-2].[O-2].[O-2].[O-2].[O-2].[Sb].[Sb].[V+4].[V+4].[V+4].[W].[W].[W].[W].[W].[W].[W].[W].[W].[W].[W].[W].[W].[W].[W].[W].[W].[W]. The van der Waals surface area contributed by atoms with E-state index < -0.39 is 0 Å². The smallest absolute Gasteiger partial charge is 2.00 e. The van der Waals surface area contributed by atoms with E-state index in [2.05, 4.69) is 0 Å². The monoisotopic (exact) mass is 5240 g/mol. The predicted octanol–water partition coefficient (Wildman–Crippen LogP) is -42.0. The molecule has 0 aliphatic heterocycles. The third-order valence-electron chi connectivity index (χ3n) is 0. The zero-order valence-electron chi connectivity index (χ0n) is 48.8. The van der Waals surface area contributed by atoms with Crippen molar-refractivity contribution in [3.8, 4) is 0 Å². The Labute approximate surface area is 1390 Å². The molecule has 9 radical (unpaired) electrons. The maximum atomic E-state index is 0. The van der Waals surface area contributed by atoms with Gasteiger partial charge in [-0.05, 0) is 0 Å². The van der Waals surface area contributed by atoms with Crippen LogP contribution in [0.3, 0.4) is 0 Å². The van der Waals surface area contributed by atoms with Crippen molar-refractivity contribution in [3.63, 3.8) is 0 Å². The Morgan fingerprint density at radius 3 is 0.0485 bits per heavy atom. The molecule has 0 fully saturated rings. The molecule has 0 saturated carbocycles. The quantitative estimate of drug-likeness (QED) is 0.204. The Morgan fingerprint density at radius 1 is 0.0485 bits per heavy atom. The topological polar surface area (TPSA) is 1970 Å². The summed E-state index contributed by atoms with van der Waals surface area (Å²) >= 11 is 0. The summed E-state index contributed by atoms with van der Waals surface area (Å²) in [6.45, 7) is 0. The molecule has 0 atom stereocenters. The van der Waals surface area contributed by atoms with Gasteiger partial charge < -0.3 is 378 Å². The molecular weight excluding hydrogens is 5240 g/mol. The van der Waals surface area contributed by atoms with E-state index in [1.54, 1.807) is 0 Å². The molecule has 0 aliphatic rings. The zero-order valence-corrected chi connectivity index (χ0v) is 145. The Balaban J connectivity index is 0. The first kappa shape index (κ1) is 2460. The predicted molar refractivity (Wildman–Crippen MR) is 58.9 cm³/mol. The third kappa shape index (κ3) is 2370. The summed E-state index contributed by atoms with van der Waals surface area (Å²) in [6.07, 6.45) is 0. The number of hydrogen-bond acceptors (Lipinski definition) is 0. The van der Waals surface area contributed by atoms with E-state index >= 15 is 0 Å². The molecule has 0 unspecified atom stereocenters. The van der Waals surface area contributed by atoms with Gasteiger partial charge in [-0.25, -0.2) is 0 Å². The standard InChI is InChI=1S/11K.69O.2Sb.3V.18W/q11*+1;69*-2;;;3*+4;;;;;;;;;;;;;;;;;;. The van der Waals surface area contributed by atoms with Crippen molar-refractivity contribution in [2.45, 2.75) is 0 Å². The zero-order chi connectivity index (χ0) is 0. The molecule has 0 saturated heterocycles. The van der Waals surface area contributed by atoms with E-state index in [1.807, 2.05) is 0 Å². The molecule has 0 heterocycles. The van der Waals surface area contributed by atoms with Crippen LogP contribution in [0, 0.1) is 0 Å². The summed E-state index contributed by atoms with van der Waals surface area (Å²) in [6, 6.07) is 0. The van der Waals surface area contributed by atoms with Crippen LogP contribution in [-0.4, -0.2) is 48.9 Å². The maximum absolute atomic E-state index is 0. The van der Waals surface area contributed by atoms with Crippen LogP contribution in [0.15, 0.2) is 0 Å². The second-order valence-corrected chi connectivity index (χ2v) is 0. The molecule has 0 bridgehead atoms. The van der Waals surface area contributed by atoms with Crippen LogP contribution < -0.4 is 565 Å². The molecule has 0 aromatic carbocycles. The van der Waals surface area contributed by atoms with Crippen LogP contribution in [-0.2, 0) is 813 Å². The maximum Gasteiger partial charge on any atom is 4.00 e. The van der Waals surface area contributed by atoms with Gasteiger partial charge in [0.2, 0.25) is 0 Å². The largest absolute Gasteiger partial charge is 4.00 e. The normalized spacial score (nSPS) is 0. The van der Waals surface area contributed by atoms with Crippen molar-refractivity contribution in [2.24, 2.45) is 0 Å². The summed E-state index contributed by atoms with van der Waals surface area (Å²) in [5, 5.41) is 0. The molecule has 0 amide bonds.